The van der Waals surface area contributed by atoms with Crippen LogP contribution in [-0.4, -0.2) is 39.4 Å². The molecule has 1 aromatic rings. The molecule has 138 valence electrons. The fourth-order valence-corrected chi connectivity index (χ4v) is 1.83. The highest BCUT2D eigenvalue weighted by atomic mass is 127. The number of aliphatic imine (C=N–C) groups is 1. The fourth-order valence-electron chi connectivity index (χ4n) is 1.83. The molecule has 0 aliphatic rings. The van der Waals surface area contributed by atoms with Crippen LogP contribution in [0.5, 0.6) is 5.75 Å². The second kappa shape index (κ2) is 13.1. The molecular weight excluding hydrogens is 438 g/mol. The molecule has 0 amide bonds. The van der Waals surface area contributed by atoms with Crippen molar-refractivity contribution in [2.75, 3.05) is 26.8 Å². The summed E-state index contributed by atoms with van der Waals surface area (Å²) in [5, 5.41) is 5.89. The number of nitrogens with one attached hydrogen (secondary N) is 2. The van der Waals surface area contributed by atoms with Gasteiger partial charge in [-0.25, -0.2) is 4.39 Å². The number of hydrogen-bond acceptors (Lipinski definition) is 3. The Bertz CT molecular complexity index is 505. The van der Waals surface area contributed by atoms with Gasteiger partial charge in [-0.3, -0.25) is 4.99 Å². The second-order valence-electron chi connectivity index (χ2n) is 4.50. The standard InChI is InChI=1S/C15H22F3N3O2.HI/c1-3-22-9-5-8-20-15(19-2)21-10-11-12(16)6-4-7-13(11)23-14(17)18;/h4,6-7,14H,3,5,8-10H2,1-2H3,(H2,19,20,21);1H. The van der Waals surface area contributed by atoms with Gasteiger partial charge in [0.15, 0.2) is 5.96 Å². The molecule has 0 radical (unpaired) electrons. The number of hydrogen-bond donors (Lipinski definition) is 2. The molecule has 0 fully saturated rings. The minimum absolute atomic E-state index is 0. The molecule has 0 aliphatic carbocycles. The van der Waals surface area contributed by atoms with Gasteiger partial charge in [-0.1, -0.05) is 6.07 Å². The van der Waals surface area contributed by atoms with Crippen LogP contribution in [0.1, 0.15) is 18.9 Å². The van der Waals surface area contributed by atoms with Gasteiger partial charge in [-0.15, -0.1) is 24.0 Å². The predicted molar refractivity (Wildman–Crippen MR) is 97.8 cm³/mol. The van der Waals surface area contributed by atoms with Gasteiger partial charge in [-0.2, -0.15) is 8.78 Å². The minimum atomic E-state index is -3.01. The summed E-state index contributed by atoms with van der Waals surface area (Å²) in [5.41, 5.74) is 0.0186. The third-order valence-electron chi connectivity index (χ3n) is 2.91. The third kappa shape index (κ3) is 8.57. The van der Waals surface area contributed by atoms with E-state index < -0.39 is 12.4 Å². The lowest BCUT2D eigenvalue weighted by Gasteiger charge is -2.15. The lowest BCUT2D eigenvalue weighted by atomic mass is 10.2. The van der Waals surface area contributed by atoms with Crippen LogP contribution in [0.15, 0.2) is 23.2 Å². The molecule has 2 N–H and O–H groups in total. The van der Waals surface area contributed by atoms with Crippen molar-refractivity contribution in [3.8, 4) is 5.75 Å². The molecule has 0 heterocycles. The molecule has 1 aromatic carbocycles. The zero-order valence-electron chi connectivity index (χ0n) is 13.7. The average molecular weight is 461 g/mol. The van der Waals surface area contributed by atoms with Crippen molar-refractivity contribution in [1.29, 1.82) is 0 Å². The van der Waals surface area contributed by atoms with Gasteiger partial charge in [0.05, 0.1) is 0 Å². The Labute approximate surface area is 157 Å². The van der Waals surface area contributed by atoms with Crippen molar-refractivity contribution in [3.05, 3.63) is 29.6 Å². The molecule has 5 nitrogen and oxygen atoms in total. The van der Waals surface area contributed by atoms with Crippen molar-refractivity contribution < 1.29 is 22.6 Å². The SMILES string of the molecule is CCOCCCNC(=NC)NCc1c(F)cccc1OC(F)F.I. The van der Waals surface area contributed by atoms with Gasteiger partial charge in [0.25, 0.3) is 0 Å². The predicted octanol–water partition coefficient (Wildman–Crippen LogP) is 3.14. The zero-order chi connectivity index (χ0) is 17.1. The van der Waals surface area contributed by atoms with Crippen molar-refractivity contribution >= 4 is 29.9 Å². The average Bonchev–Trinajstić information content (AvgIpc) is 2.51. The quantitative estimate of drug-likeness (QED) is 0.257. The van der Waals surface area contributed by atoms with Gasteiger partial charge < -0.3 is 20.1 Å². The maximum absolute atomic E-state index is 13.8. The summed E-state index contributed by atoms with van der Waals surface area (Å²) in [7, 11) is 1.57. The summed E-state index contributed by atoms with van der Waals surface area (Å²) in [5.74, 6) is -0.380. The normalized spacial score (nSPS) is 11.2. The van der Waals surface area contributed by atoms with E-state index in [0.29, 0.717) is 25.7 Å². The highest BCUT2D eigenvalue weighted by Gasteiger charge is 2.14. The molecule has 9 heteroatoms. The number of benzene rings is 1. The van der Waals surface area contributed by atoms with Crippen LogP contribution in [0, 0.1) is 5.82 Å². The van der Waals surface area contributed by atoms with Crippen LogP contribution in [0.3, 0.4) is 0 Å². The summed E-state index contributed by atoms with van der Waals surface area (Å²) < 4.78 is 48.0. The second-order valence-corrected chi connectivity index (χ2v) is 4.50. The molecule has 0 bridgehead atoms. The first-order valence-electron chi connectivity index (χ1n) is 7.33. The number of rotatable bonds is 9. The van der Waals surface area contributed by atoms with Gasteiger partial charge in [0, 0.05) is 38.9 Å². The van der Waals surface area contributed by atoms with E-state index in [-0.39, 0.29) is 41.8 Å². The van der Waals surface area contributed by atoms with E-state index in [1.165, 1.54) is 18.2 Å². The number of halogens is 4. The van der Waals surface area contributed by atoms with Crippen LogP contribution in [-0.2, 0) is 11.3 Å². The molecule has 0 saturated heterocycles. The smallest absolute Gasteiger partial charge is 0.387 e. The molecule has 0 atom stereocenters. The largest absolute Gasteiger partial charge is 0.434 e. The third-order valence-corrected chi connectivity index (χ3v) is 2.91. The Morgan fingerprint density at radius 2 is 2.04 bits per heavy atom. The summed E-state index contributed by atoms with van der Waals surface area (Å²) in [6.45, 7) is 0.790. The molecule has 0 spiro atoms. The highest BCUT2D eigenvalue weighted by molar-refractivity contribution is 14.0. The lowest BCUT2D eigenvalue weighted by molar-refractivity contribution is -0.0506. The fraction of sp³-hybridized carbons (Fsp3) is 0.533. The first-order valence-corrected chi connectivity index (χ1v) is 7.33. The number of alkyl halides is 2. The maximum atomic E-state index is 13.8. The van der Waals surface area contributed by atoms with Crippen LogP contribution < -0.4 is 15.4 Å². The molecule has 24 heavy (non-hydrogen) atoms. The molecular formula is C15H23F3IN3O2. The summed E-state index contributed by atoms with van der Waals surface area (Å²) >= 11 is 0. The highest BCUT2D eigenvalue weighted by Crippen LogP contribution is 2.23. The van der Waals surface area contributed by atoms with E-state index in [1.54, 1.807) is 7.05 Å². The molecule has 0 aromatic heterocycles. The molecule has 0 saturated carbocycles. The summed E-state index contributed by atoms with van der Waals surface area (Å²) in [4.78, 5) is 3.98. The zero-order valence-corrected chi connectivity index (χ0v) is 16.0. The number of guanidine groups is 1. The van der Waals surface area contributed by atoms with Crippen LogP contribution in [0.2, 0.25) is 0 Å². The van der Waals surface area contributed by atoms with Crippen LogP contribution in [0.4, 0.5) is 13.2 Å². The Balaban J connectivity index is 0.00000529. The van der Waals surface area contributed by atoms with Gasteiger partial charge in [0.2, 0.25) is 0 Å². The lowest BCUT2D eigenvalue weighted by Crippen LogP contribution is -2.37. The van der Waals surface area contributed by atoms with Crippen LogP contribution >= 0.6 is 24.0 Å². The van der Waals surface area contributed by atoms with Gasteiger partial charge in [-0.05, 0) is 25.5 Å². The first kappa shape index (κ1) is 22.8. The van der Waals surface area contributed by atoms with Crippen LogP contribution in [0.25, 0.3) is 0 Å². The Hall–Kier alpha value is -1.23. The number of nitrogens with zero attached hydrogens (tertiary/aromatic N) is 1. The molecule has 0 aliphatic heterocycles. The van der Waals surface area contributed by atoms with E-state index >= 15 is 0 Å². The maximum Gasteiger partial charge on any atom is 0.387 e. The van der Waals surface area contributed by atoms with Crippen molar-refractivity contribution in [1.82, 2.24) is 10.6 Å². The van der Waals surface area contributed by atoms with E-state index in [0.717, 1.165) is 6.42 Å². The summed E-state index contributed by atoms with van der Waals surface area (Å²) in [6, 6.07) is 3.80. The summed E-state index contributed by atoms with van der Waals surface area (Å²) in [6.07, 6.45) is 0.786. The minimum Gasteiger partial charge on any atom is -0.434 e. The first-order chi connectivity index (χ1) is 11.1. The van der Waals surface area contributed by atoms with Crippen molar-refractivity contribution in [2.45, 2.75) is 26.5 Å². The van der Waals surface area contributed by atoms with E-state index in [2.05, 4.69) is 20.4 Å². The van der Waals surface area contributed by atoms with Crippen molar-refractivity contribution in [3.63, 3.8) is 0 Å². The number of ether oxygens (including phenoxy) is 2. The van der Waals surface area contributed by atoms with E-state index in [4.69, 9.17) is 4.74 Å². The Morgan fingerprint density at radius 1 is 1.29 bits per heavy atom. The van der Waals surface area contributed by atoms with E-state index in [1.807, 2.05) is 6.92 Å². The molecule has 1 rings (SSSR count). The topological polar surface area (TPSA) is 54.9 Å². The molecule has 0 unspecified atom stereocenters. The van der Waals surface area contributed by atoms with Gasteiger partial charge >= 0.3 is 6.61 Å². The monoisotopic (exact) mass is 461 g/mol. The Morgan fingerprint density at radius 3 is 2.67 bits per heavy atom. The van der Waals surface area contributed by atoms with E-state index in [9.17, 15) is 13.2 Å². The Kier molecular flexibility index (Phi) is 12.4. The van der Waals surface area contributed by atoms with Crippen molar-refractivity contribution in [2.24, 2.45) is 4.99 Å². The van der Waals surface area contributed by atoms with Gasteiger partial charge in [0.1, 0.15) is 11.6 Å².